The predicted molar refractivity (Wildman–Crippen MR) is 178 cm³/mol. The first-order valence-corrected chi connectivity index (χ1v) is 14.8. The summed E-state index contributed by atoms with van der Waals surface area (Å²) in [6.07, 6.45) is 4.17. The van der Waals surface area contributed by atoms with Gasteiger partial charge in [-0.1, -0.05) is 24.3 Å². The van der Waals surface area contributed by atoms with Gasteiger partial charge in [0.15, 0.2) is 46.0 Å². The second kappa shape index (κ2) is 14.4. The van der Waals surface area contributed by atoms with Crippen LogP contribution in [0.4, 0.5) is 0 Å². The number of methoxy groups -OCH3 is 8. The van der Waals surface area contributed by atoms with Gasteiger partial charge >= 0.3 is 0 Å². The number of phenolic OH excluding ortho intramolecular Hbond substituents is 1. The molecule has 5 rings (SSSR count). The average molecular weight is 645 g/mol. The number of phenols is 1. The summed E-state index contributed by atoms with van der Waals surface area (Å²) in [5, 5.41) is 10.3. The Morgan fingerprint density at radius 1 is 0.596 bits per heavy atom. The number of ether oxygens (including phenoxy) is 9. The highest BCUT2D eigenvalue weighted by Crippen LogP contribution is 2.56. The highest BCUT2D eigenvalue weighted by Gasteiger charge is 2.40. The number of allylic oxidation sites excluding steroid dienone is 1. The number of benzene rings is 4. The van der Waals surface area contributed by atoms with Gasteiger partial charge in [-0.2, -0.15) is 0 Å². The summed E-state index contributed by atoms with van der Waals surface area (Å²) >= 11 is 0. The number of hydrogen-bond donors (Lipinski definition) is 1. The zero-order valence-corrected chi connectivity index (χ0v) is 27.8. The van der Waals surface area contributed by atoms with E-state index in [1.54, 1.807) is 61.9 Å². The van der Waals surface area contributed by atoms with E-state index in [1.165, 1.54) is 7.11 Å². The monoisotopic (exact) mass is 644 g/mol. The van der Waals surface area contributed by atoms with Crippen molar-refractivity contribution in [3.63, 3.8) is 0 Å². The van der Waals surface area contributed by atoms with E-state index in [1.807, 2.05) is 42.5 Å². The van der Waals surface area contributed by atoms with Crippen LogP contribution in [0.3, 0.4) is 0 Å². The van der Waals surface area contributed by atoms with Crippen molar-refractivity contribution in [3.05, 3.63) is 88.5 Å². The van der Waals surface area contributed by atoms with Crippen LogP contribution in [-0.2, 0) is 6.42 Å². The molecule has 0 unspecified atom stereocenters. The van der Waals surface area contributed by atoms with Crippen LogP contribution in [0.1, 0.15) is 39.8 Å². The van der Waals surface area contributed by atoms with Gasteiger partial charge < -0.3 is 47.7 Å². The maximum atomic E-state index is 10.3. The van der Waals surface area contributed by atoms with Crippen molar-refractivity contribution < 1.29 is 47.7 Å². The molecule has 47 heavy (non-hydrogen) atoms. The van der Waals surface area contributed by atoms with Crippen LogP contribution in [0.15, 0.2) is 60.7 Å². The molecule has 4 aromatic carbocycles. The summed E-state index contributed by atoms with van der Waals surface area (Å²) in [7, 11) is 12.6. The predicted octanol–water partition coefficient (Wildman–Crippen LogP) is 6.98. The van der Waals surface area contributed by atoms with Gasteiger partial charge in [0.25, 0.3) is 0 Å². The molecule has 4 aromatic rings. The Morgan fingerprint density at radius 2 is 1.13 bits per heavy atom. The van der Waals surface area contributed by atoms with Crippen molar-refractivity contribution in [1.29, 1.82) is 0 Å². The summed E-state index contributed by atoms with van der Waals surface area (Å²) in [6.45, 7) is 0. The second-order valence-corrected chi connectivity index (χ2v) is 10.7. The molecule has 0 radical (unpaired) electrons. The molecule has 0 fully saturated rings. The largest absolute Gasteiger partial charge is 0.504 e. The molecule has 0 aliphatic carbocycles. The van der Waals surface area contributed by atoms with E-state index in [0.29, 0.717) is 58.2 Å². The number of fused-ring (bicyclic) bond motifs is 1. The maximum Gasteiger partial charge on any atom is 0.203 e. The van der Waals surface area contributed by atoms with E-state index in [-0.39, 0.29) is 11.7 Å². The fraction of sp³-hybridized carbons (Fsp3) is 0.297. The van der Waals surface area contributed by atoms with Crippen LogP contribution in [-0.4, -0.2) is 62.0 Å². The zero-order valence-electron chi connectivity index (χ0n) is 27.8. The fourth-order valence-corrected chi connectivity index (χ4v) is 5.96. The lowest BCUT2D eigenvalue weighted by atomic mass is 9.84. The molecule has 10 heteroatoms. The Labute approximate surface area is 274 Å². The molecule has 1 aliphatic rings. The maximum absolute atomic E-state index is 10.3. The number of rotatable bonds is 13. The summed E-state index contributed by atoms with van der Waals surface area (Å²) in [4.78, 5) is 0. The molecule has 1 heterocycles. The van der Waals surface area contributed by atoms with Crippen molar-refractivity contribution in [2.45, 2.75) is 18.4 Å². The Kier molecular flexibility index (Phi) is 10.1. The summed E-state index contributed by atoms with van der Waals surface area (Å²) < 4.78 is 51.5. The Balaban J connectivity index is 1.61. The van der Waals surface area contributed by atoms with E-state index < -0.39 is 6.10 Å². The first-order chi connectivity index (χ1) is 22.8. The van der Waals surface area contributed by atoms with E-state index in [0.717, 1.165) is 27.8 Å². The minimum absolute atomic E-state index is 0.0369. The van der Waals surface area contributed by atoms with E-state index >= 15 is 0 Å². The van der Waals surface area contributed by atoms with Gasteiger partial charge in [-0.25, -0.2) is 0 Å². The standard InChI is InChI=1S/C37H40O10/c1-39-27-18-23(12-13-26(27)38)34-33(24-19-31(43-5)37(46-8)32(20-24)44-6)25-14-21(15-28(40-2)35(25)47-34)10-9-11-22-16-29(41-3)36(45-7)30(17-22)42-4/h9,11-20,33-34,38H,10H2,1-8H3/b11-9+/t33-,34+/m1/s1. The second-order valence-electron chi connectivity index (χ2n) is 10.7. The Bertz CT molecular complexity index is 1710. The SMILES string of the molecule is COc1cc([C@@H]2Oc3c(OC)cc(C/C=C/c4cc(OC)c(OC)c(OC)c4)cc3[C@H]2c2cc(OC)c(OC)c(OC)c2)ccc1O. The molecule has 0 spiro atoms. The van der Waals surface area contributed by atoms with Gasteiger partial charge in [0.2, 0.25) is 11.5 Å². The molecule has 1 N–H and O–H groups in total. The molecule has 10 nitrogen and oxygen atoms in total. The number of aromatic hydroxyl groups is 1. The van der Waals surface area contributed by atoms with Gasteiger partial charge in [0, 0.05) is 5.56 Å². The molecule has 0 saturated heterocycles. The third kappa shape index (κ3) is 6.36. The van der Waals surface area contributed by atoms with Crippen molar-refractivity contribution in [1.82, 2.24) is 0 Å². The fourth-order valence-electron chi connectivity index (χ4n) is 5.96. The topological polar surface area (TPSA) is 103 Å². The van der Waals surface area contributed by atoms with Crippen molar-refractivity contribution in [3.8, 4) is 57.5 Å². The van der Waals surface area contributed by atoms with Crippen molar-refractivity contribution in [2.75, 3.05) is 56.9 Å². The molecular weight excluding hydrogens is 604 g/mol. The molecule has 0 bridgehead atoms. The van der Waals surface area contributed by atoms with Crippen LogP contribution < -0.4 is 42.6 Å². The lowest BCUT2D eigenvalue weighted by Gasteiger charge is -2.23. The van der Waals surface area contributed by atoms with Crippen LogP contribution >= 0.6 is 0 Å². The van der Waals surface area contributed by atoms with Crippen molar-refractivity contribution in [2.24, 2.45) is 0 Å². The van der Waals surface area contributed by atoms with E-state index in [2.05, 4.69) is 12.1 Å². The zero-order chi connectivity index (χ0) is 33.7. The molecule has 248 valence electrons. The molecule has 2 atom stereocenters. The van der Waals surface area contributed by atoms with E-state index in [9.17, 15) is 5.11 Å². The smallest absolute Gasteiger partial charge is 0.203 e. The highest BCUT2D eigenvalue weighted by molar-refractivity contribution is 5.64. The molecular formula is C37H40O10. The first kappa shape index (κ1) is 33.0. The molecule has 1 aliphatic heterocycles. The van der Waals surface area contributed by atoms with Crippen LogP contribution in [0.25, 0.3) is 6.08 Å². The van der Waals surface area contributed by atoms with Gasteiger partial charge in [-0.3, -0.25) is 0 Å². The third-order valence-corrected chi connectivity index (χ3v) is 8.18. The minimum atomic E-state index is -0.499. The van der Waals surface area contributed by atoms with Crippen LogP contribution in [0, 0.1) is 0 Å². The van der Waals surface area contributed by atoms with Gasteiger partial charge in [-0.15, -0.1) is 0 Å². The van der Waals surface area contributed by atoms with Gasteiger partial charge in [0.1, 0.15) is 6.10 Å². The quantitative estimate of drug-likeness (QED) is 0.164. The normalized spacial score (nSPS) is 15.1. The van der Waals surface area contributed by atoms with Crippen molar-refractivity contribution >= 4 is 6.08 Å². The average Bonchev–Trinajstić information content (AvgIpc) is 3.49. The minimum Gasteiger partial charge on any atom is -0.504 e. The van der Waals surface area contributed by atoms with Crippen LogP contribution in [0.2, 0.25) is 0 Å². The first-order valence-electron chi connectivity index (χ1n) is 14.8. The lowest BCUT2D eigenvalue weighted by Crippen LogP contribution is -2.12. The Hall–Kier alpha value is -5.38. The van der Waals surface area contributed by atoms with Gasteiger partial charge in [0.05, 0.1) is 62.8 Å². The summed E-state index contributed by atoms with van der Waals surface area (Å²) in [6, 6.07) is 17.0. The van der Waals surface area contributed by atoms with Crippen LogP contribution in [0.5, 0.6) is 57.5 Å². The highest BCUT2D eigenvalue weighted by atomic mass is 16.5. The third-order valence-electron chi connectivity index (χ3n) is 8.18. The number of hydrogen-bond acceptors (Lipinski definition) is 10. The van der Waals surface area contributed by atoms with E-state index in [4.69, 9.17) is 42.6 Å². The summed E-state index contributed by atoms with van der Waals surface area (Å²) in [5.74, 6) is 4.51. The molecule has 0 saturated carbocycles. The molecule has 0 aromatic heterocycles. The Morgan fingerprint density at radius 3 is 1.66 bits per heavy atom. The van der Waals surface area contributed by atoms with Gasteiger partial charge in [-0.05, 0) is 71.1 Å². The lowest BCUT2D eigenvalue weighted by molar-refractivity contribution is 0.213. The molecule has 0 amide bonds. The summed E-state index contributed by atoms with van der Waals surface area (Å²) in [5.41, 5.74) is 4.51.